The third kappa shape index (κ3) is 5.84. The molecule has 2 aromatic rings. The second kappa shape index (κ2) is 9.41. The van der Waals surface area contributed by atoms with E-state index in [4.69, 9.17) is 4.42 Å². The number of rotatable bonds is 5. The number of aliphatic imine (C=N–C) groups is 1. The molecule has 0 spiro atoms. The van der Waals surface area contributed by atoms with Gasteiger partial charge in [-0.15, -0.1) is 35.3 Å². The van der Waals surface area contributed by atoms with E-state index in [-0.39, 0.29) is 24.0 Å². The Morgan fingerprint density at radius 1 is 1.40 bits per heavy atom. The Morgan fingerprint density at radius 2 is 2.25 bits per heavy atom. The van der Waals surface area contributed by atoms with Crippen molar-refractivity contribution in [2.24, 2.45) is 4.99 Å². The fourth-order valence-electron chi connectivity index (χ4n) is 1.52. The molecule has 0 aliphatic heterocycles. The van der Waals surface area contributed by atoms with Crippen molar-refractivity contribution < 1.29 is 4.42 Å². The van der Waals surface area contributed by atoms with Crippen LogP contribution in [0.3, 0.4) is 0 Å². The van der Waals surface area contributed by atoms with E-state index in [1.54, 1.807) is 23.9 Å². The van der Waals surface area contributed by atoms with Crippen LogP contribution in [0.25, 0.3) is 0 Å². The maximum atomic E-state index is 5.03. The second-order valence-corrected chi connectivity index (χ2v) is 6.23. The molecule has 0 aliphatic rings. The molecule has 0 aliphatic carbocycles. The van der Waals surface area contributed by atoms with Crippen LogP contribution >= 0.6 is 51.2 Å². The summed E-state index contributed by atoms with van der Waals surface area (Å²) >= 11 is 5.13. The van der Waals surface area contributed by atoms with Gasteiger partial charge in [0, 0.05) is 18.7 Å². The normalized spacial score (nSPS) is 11.0. The summed E-state index contributed by atoms with van der Waals surface area (Å²) in [5.74, 6) is 0.811. The Bertz CT molecular complexity index is 527. The monoisotopic (exact) mass is 469 g/mol. The molecular formula is C13H17BrIN3OS. The predicted octanol–water partition coefficient (Wildman–Crippen LogP) is 3.98. The molecule has 4 nitrogen and oxygen atoms in total. The molecule has 0 radical (unpaired) electrons. The maximum Gasteiger partial charge on any atom is 0.191 e. The fraction of sp³-hybridized carbons (Fsp3) is 0.308. The van der Waals surface area contributed by atoms with Gasteiger partial charge in [0.2, 0.25) is 0 Å². The summed E-state index contributed by atoms with van der Waals surface area (Å²) < 4.78 is 6.17. The highest BCUT2D eigenvalue weighted by molar-refractivity contribution is 14.0. The van der Waals surface area contributed by atoms with Gasteiger partial charge in [-0.05, 0) is 45.9 Å². The van der Waals surface area contributed by atoms with Crippen LogP contribution in [0, 0.1) is 0 Å². The average Bonchev–Trinajstić information content (AvgIpc) is 3.04. The summed E-state index contributed by atoms with van der Waals surface area (Å²) in [5, 5.41) is 8.60. The SMILES string of the molecule is CCNC(=NCc1csc(Br)c1)NCc1ccoc1.I. The van der Waals surface area contributed by atoms with Crippen molar-refractivity contribution in [3.05, 3.63) is 45.0 Å². The van der Waals surface area contributed by atoms with Gasteiger partial charge in [-0.1, -0.05) is 0 Å². The van der Waals surface area contributed by atoms with Gasteiger partial charge in [-0.25, -0.2) is 4.99 Å². The predicted molar refractivity (Wildman–Crippen MR) is 97.8 cm³/mol. The first-order valence-corrected chi connectivity index (χ1v) is 7.71. The summed E-state index contributed by atoms with van der Waals surface area (Å²) in [4.78, 5) is 4.55. The Kier molecular flexibility index (Phi) is 8.24. The lowest BCUT2D eigenvalue weighted by Gasteiger charge is -2.09. The first-order valence-electron chi connectivity index (χ1n) is 6.04. The number of furan rings is 1. The minimum Gasteiger partial charge on any atom is -0.472 e. The third-order valence-corrected chi connectivity index (χ3v) is 3.98. The quantitative estimate of drug-likeness (QED) is 0.395. The molecule has 0 saturated carbocycles. The van der Waals surface area contributed by atoms with Crippen LogP contribution in [-0.2, 0) is 13.1 Å². The Labute approximate surface area is 148 Å². The lowest BCUT2D eigenvalue weighted by atomic mass is 10.3. The highest BCUT2D eigenvalue weighted by Crippen LogP contribution is 2.20. The van der Waals surface area contributed by atoms with Crippen molar-refractivity contribution in [2.45, 2.75) is 20.0 Å². The van der Waals surface area contributed by atoms with E-state index in [2.05, 4.69) is 49.9 Å². The van der Waals surface area contributed by atoms with Crippen LogP contribution < -0.4 is 10.6 Å². The van der Waals surface area contributed by atoms with Crippen LogP contribution in [0.15, 0.2) is 43.2 Å². The summed E-state index contributed by atoms with van der Waals surface area (Å²) in [6.45, 7) is 4.26. The van der Waals surface area contributed by atoms with E-state index < -0.39 is 0 Å². The topological polar surface area (TPSA) is 49.6 Å². The number of nitrogens with one attached hydrogen (secondary N) is 2. The summed E-state index contributed by atoms with van der Waals surface area (Å²) in [6, 6.07) is 4.03. The summed E-state index contributed by atoms with van der Waals surface area (Å²) in [7, 11) is 0. The van der Waals surface area contributed by atoms with Crippen molar-refractivity contribution >= 4 is 57.2 Å². The summed E-state index contributed by atoms with van der Waals surface area (Å²) in [6.07, 6.45) is 3.40. The zero-order valence-corrected chi connectivity index (χ0v) is 15.8. The molecule has 0 unspecified atom stereocenters. The first kappa shape index (κ1) is 17.5. The van der Waals surface area contributed by atoms with Gasteiger partial charge in [0.15, 0.2) is 5.96 Å². The van der Waals surface area contributed by atoms with E-state index in [1.165, 1.54) is 5.56 Å². The van der Waals surface area contributed by atoms with E-state index in [0.29, 0.717) is 13.1 Å². The lowest BCUT2D eigenvalue weighted by Crippen LogP contribution is -2.36. The minimum absolute atomic E-state index is 0. The van der Waals surface area contributed by atoms with E-state index in [0.717, 1.165) is 21.9 Å². The number of nitrogens with zero attached hydrogens (tertiary/aromatic N) is 1. The molecular weight excluding hydrogens is 453 g/mol. The Morgan fingerprint density at radius 3 is 2.85 bits per heavy atom. The van der Waals surface area contributed by atoms with Crippen molar-refractivity contribution in [2.75, 3.05) is 6.54 Å². The van der Waals surface area contributed by atoms with E-state index >= 15 is 0 Å². The molecule has 20 heavy (non-hydrogen) atoms. The van der Waals surface area contributed by atoms with Gasteiger partial charge >= 0.3 is 0 Å². The van der Waals surface area contributed by atoms with Crippen molar-refractivity contribution in [1.82, 2.24) is 10.6 Å². The van der Waals surface area contributed by atoms with Gasteiger partial charge in [0.05, 0.1) is 22.9 Å². The number of hydrogen-bond acceptors (Lipinski definition) is 3. The Hall–Kier alpha value is -0.540. The second-order valence-electron chi connectivity index (χ2n) is 3.94. The maximum absolute atomic E-state index is 5.03. The molecule has 2 N–H and O–H groups in total. The van der Waals surface area contributed by atoms with Gasteiger partial charge in [-0.3, -0.25) is 0 Å². The molecule has 0 amide bonds. The van der Waals surface area contributed by atoms with Crippen molar-refractivity contribution in [3.63, 3.8) is 0 Å². The lowest BCUT2D eigenvalue weighted by molar-refractivity contribution is 0.563. The van der Waals surface area contributed by atoms with Gasteiger partial charge in [0.25, 0.3) is 0 Å². The standard InChI is InChI=1S/C13H16BrN3OS.HI/c1-2-15-13(16-6-10-3-4-18-8-10)17-7-11-5-12(14)19-9-11;/h3-5,8-9H,2,6-7H2,1H3,(H2,15,16,17);1H. The van der Waals surface area contributed by atoms with Crippen LogP contribution in [0.2, 0.25) is 0 Å². The van der Waals surface area contributed by atoms with Crippen molar-refractivity contribution in [3.8, 4) is 0 Å². The molecule has 0 bridgehead atoms. The minimum atomic E-state index is 0. The van der Waals surface area contributed by atoms with Gasteiger partial charge in [0.1, 0.15) is 0 Å². The van der Waals surface area contributed by atoms with Crippen LogP contribution in [0.1, 0.15) is 18.1 Å². The molecule has 0 atom stereocenters. The zero-order chi connectivity index (χ0) is 13.5. The average molecular weight is 470 g/mol. The van der Waals surface area contributed by atoms with Crippen LogP contribution in [0.4, 0.5) is 0 Å². The molecule has 0 fully saturated rings. The molecule has 0 saturated heterocycles. The molecule has 2 aromatic heterocycles. The number of halogens is 2. The van der Waals surface area contributed by atoms with Crippen molar-refractivity contribution in [1.29, 1.82) is 0 Å². The van der Waals surface area contributed by atoms with E-state index in [1.807, 2.05) is 6.07 Å². The number of thiophene rings is 1. The smallest absolute Gasteiger partial charge is 0.191 e. The third-order valence-electron chi connectivity index (χ3n) is 2.43. The molecule has 0 aromatic carbocycles. The molecule has 110 valence electrons. The van der Waals surface area contributed by atoms with Gasteiger partial charge in [-0.2, -0.15) is 0 Å². The highest BCUT2D eigenvalue weighted by Gasteiger charge is 2.00. The Balaban J connectivity index is 0.00000200. The molecule has 2 heterocycles. The summed E-state index contributed by atoms with van der Waals surface area (Å²) in [5.41, 5.74) is 2.31. The van der Waals surface area contributed by atoms with Gasteiger partial charge < -0.3 is 15.1 Å². The van der Waals surface area contributed by atoms with E-state index in [9.17, 15) is 0 Å². The number of guanidine groups is 1. The highest BCUT2D eigenvalue weighted by atomic mass is 127. The number of hydrogen-bond donors (Lipinski definition) is 2. The fourth-order valence-corrected chi connectivity index (χ4v) is 2.72. The largest absolute Gasteiger partial charge is 0.472 e. The zero-order valence-electron chi connectivity index (χ0n) is 11.1. The molecule has 7 heteroatoms. The van der Waals surface area contributed by atoms with Crippen LogP contribution in [-0.4, -0.2) is 12.5 Å². The van der Waals surface area contributed by atoms with Crippen LogP contribution in [0.5, 0.6) is 0 Å². The molecule has 2 rings (SSSR count). The first-order chi connectivity index (χ1) is 9.28.